The minimum absolute atomic E-state index is 0.102. The van der Waals surface area contributed by atoms with Gasteiger partial charge in [-0.15, -0.1) is 0 Å². The van der Waals surface area contributed by atoms with Gasteiger partial charge in [0.15, 0.2) is 0 Å². The molecule has 3 aromatic rings. The number of halogens is 2. The molecule has 1 heterocycles. The lowest BCUT2D eigenvalue weighted by Gasteiger charge is -2.11. The molecule has 132 valence electrons. The normalized spacial score (nSPS) is 10.4. The van der Waals surface area contributed by atoms with Gasteiger partial charge in [0.1, 0.15) is 6.33 Å². The zero-order valence-corrected chi connectivity index (χ0v) is 15.7. The van der Waals surface area contributed by atoms with Crippen LogP contribution in [0.15, 0.2) is 59.3 Å². The van der Waals surface area contributed by atoms with Crippen molar-refractivity contribution in [1.82, 2.24) is 9.97 Å². The molecule has 0 saturated carbocycles. The van der Waals surface area contributed by atoms with Crippen LogP contribution in [0.4, 0.5) is 23.0 Å². The second-order valence-electron chi connectivity index (χ2n) is 5.26. The van der Waals surface area contributed by atoms with Gasteiger partial charge >= 0.3 is 5.69 Å². The zero-order valence-electron chi connectivity index (χ0n) is 13.3. The van der Waals surface area contributed by atoms with Crippen molar-refractivity contribution in [2.45, 2.75) is 6.54 Å². The molecule has 0 unspecified atom stereocenters. The summed E-state index contributed by atoms with van der Waals surface area (Å²) in [7, 11) is 0. The monoisotopic (exact) mass is 433 g/mol. The molecule has 0 radical (unpaired) electrons. The van der Waals surface area contributed by atoms with Crippen LogP contribution in [0.25, 0.3) is 0 Å². The fourth-order valence-corrected chi connectivity index (χ4v) is 2.90. The largest absolute Gasteiger partial charge is 0.360 e. The van der Waals surface area contributed by atoms with Crippen molar-refractivity contribution in [2.24, 2.45) is 0 Å². The summed E-state index contributed by atoms with van der Waals surface area (Å²) in [5.41, 5.74) is 1.24. The summed E-state index contributed by atoms with van der Waals surface area (Å²) < 4.78 is 0.844. The van der Waals surface area contributed by atoms with E-state index in [-0.39, 0.29) is 17.3 Å². The molecule has 2 N–H and O–H groups in total. The van der Waals surface area contributed by atoms with Crippen molar-refractivity contribution >= 4 is 50.5 Å². The smallest absolute Gasteiger partial charge is 0.353 e. The molecular weight excluding hydrogens is 422 g/mol. The Bertz CT molecular complexity index is 954. The van der Waals surface area contributed by atoms with Crippen LogP contribution in [0, 0.1) is 10.1 Å². The van der Waals surface area contributed by atoms with Gasteiger partial charge in [-0.3, -0.25) is 10.1 Å². The van der Waals surface area contributed by atoms with Gasteiger partial charge in [-0.2, -0.15) is 0 Å². The number of nitrogens with one attached hydrogen (secondary N) is 2. The molecule has 7 nitrogen and oxygen atoms in total. The van der Waals surface area contributed by atoms with Gasteiger partial charge in [0.05, 0.1) is 4.92 Å². The van der Waals surface area contributed by atoms with Crippen molar-refractivity contribution in [3.63, 3.8) is 0 Å². The molecule has 2 aromatic carbocycles. The minimum atomic E-state index is -0.519. The maximum absolute atomic E-state index is 11.6. The number of benzene rings is 2. The molecule has 9 heteroatoms. The number of hydrogen-bond donors (Lipinski definition) is 2. The highest BCUT2D eigenvalue weighted by Gasteiger charge is 2.23. The average molecular weight is 435 g/mol. The summed E-state index contributed by atoms with van der Waals surface area (Å²) in [6, 6.07) is 14.5. The van der Waals surface area contributed by atoms with Crippen LogP contribution in [-0.4, -0.2) is 14.9 Å². The van der Waals surface area contributed by atoms with Gasteiger partial charge in [-0.1, -0.05) is 51.8 Å². The van der Waals surface area contributed by atoms with E-state index in [2.05, 4.69) is 36.5 Å². The van der Waals surface area contributed by atoms with Crippen molar-refractivity contribution in [2.75, 3.05) is 10.6 Å². The first-order valence-electron chi connectivity index (χ1n) is 7.54. The standard InChI is InChI=1S/C17H13BrClN5O2/c18-12-5-3-6-13(8-12)23-17-15(24(25)26)16(21-10-22-17)20-9-11-4-1-2-7-14(11)19/h1-8,10H,9H2,(H2,20,21,22,23). The number of nitro groups is 1. The first-order chi connectivity index (χ1) is 12.5. The Kier molecular flexibility index (Phi) is 5.65. The SMILES string of the molecule is O=[N+]([O-])c1c(NCc2ccccc2Cl)ncnc1Nc1cccc(Br)c1. The lowest BCUT2D eigenvalue weighted by molar-refractivity contribution is -0.383. The second-order valence-corrected chi connectivity index (χ2v) is 6.58. The predicted molar refractivity (Wildman–Crippen MR) is 105 cm³/mol. The van der Waals surface area contributed by atoms with E-state index in [0.29, 0.717) is 17.3 Å². The summed E-state index contributed by atoms with van der Waals surface area (Å²) >= 11 is 9.49. The summed E-state index contributed by atoms with van der Waals surface area (Å²) in [5.74, 6) is 0.215. The molecule has 0 fully saturated rings. The van der Waals surface area contributed by atoms with Crippen LogP contribution in [0.5, 0.6) is 0 Å². The fraction of sp³-hybridized carbons (Fsp3) is 0.0588. The molecule has 0 atom stereocenters. The summed E-state index contributed by atoms with van der Waals surface area (Å²) in [6.07, 6.45) is 1.27. The molecule has 0 aliphatic carbocycles. The van der Waals surface area contributed by atoms with E-state index in [1.807, 2.05) is 30.3 Å². The van der Waals surface area contributed by atoms with E-state index in [1.54, 1.807) is 18.2 Å². The molecule has 1 aromatic heterocycles. The van der Waals surface area contributed by atoms with E-state index in [0.717, 1.165) is 10.0 Å². The topological polar surface area (TPSA) is 93.0 Å². The maximum atomic E-state index is 11.6. The average Bonchev–Trinajstić information content (AvgIpc) is 2.61. The Morgan fingerprint density at radius 1 is 1.12 bits per heavy atom. The molecule has 0 aliphatic rings. The third kappa shape index (κ3) is 4.27. The van der Waals surface area contributed by atoms with Gasteiger partial charge in [0, 0.05) is 21.7 Å². The molecule has 0 spiro atoms. The third-order valence-electron chi connectivity index (χ3n) is 3.50. The lowest BCUT2D eigenvalue weighted by Crippen LogP contribution is -2.08. The minimum Gasteiger partial charge on any atom is -0.360 e. The van der Waals surface area contributed by atoms with Gasteiger partial charge in [0.2, 0.25) is 11.6 Å². The van der Waals surface area contributed by atoms with Crippen molar-refractivity contribution in [3.05, 3.63) is 80.0 Å². The predicted octanol–water partition coefficient (Wildman–Crippen LogP) is 5.16. The zero-order chi connectivity index (χ0) is 18.5. The van der Waals surface area contributed by atoms with Crippen LogP contribution in [0.3, 0.4) is 0 Å². The molecular formula is C17H13BrClN5O2. The molecule has 0 saturated heterocycles. The summed E-state index contributed by atoms with van der Waals surface area (Å²) in [5, 5.41) is 18.1. The first-order valence-corrected chi connectivity index (χ1v) is 8.71. The number of hydrogen-bond acceptors (Lipinski definition) is 6. The second kappa shape index (κ2) is 8.11. The summed E-state index contributed by atoms with van der Waals surface area (Å²) in [6.45, 7) is 0.299. The molecule has 26 heavy (non-hydrogen) atoms. The highest BCUT2D eigenvalue weighted by Crippen LogP contribution is 2.32. The van der Waals surface area contributed by atoms with Gasteiger partial charge in [0.25, 0.3) is 0 Å². The highest BCUT2D eigenvalue weighted by molar-refractivity contribution is 9.10. The Labute approximate surface area is 162 Å². The first kappa shape index (κ1) is 18.1. The number of aromatic nitrogens is 2. The van der Waals surface area contributed by atoms with Gasteiger partial charge in [-0.25, -0.2) is 9.97 Å². The number of rotatable bonds is 6. The van der Waals surface area contributed by atoms with Crippen LogP contribution < -0.4 is 10.6 Å². The van der Waals surface area contributed by atoms with E-state index < -0.39 is 4.92 Å². The van der Waals surface area contributed by atoms with E-state index in [9.17, 15) is 10.1 Å². The summed E-state index contributed by atoms with van der Waals surface area (Å²) in [4.78, 5) is 19.1. The number of nitrogens with zero attached hydrogens (tertiary/aromatic N) is 3. The Balaban J connectivity index is 1.88. The maximum Gasteiger partial charge on any atom is 0.353 e. The van der Waals surface area contributed by atoms with Gasteiger partial charge in [-0.05, 0) is 29.8 Å². The van der Waals surface area contributed by atoms with Crippen LogP contribution >= 0.6 is 27.5 Å². The van der Waals surface area contributed by atoms with E-state index in [1.165, 1.54) is 6.33 Å². The molecule has 3 rings (SSSR count). The van der Waals surface area contributed by atoms with Crippen LogP contribution in [0.1, 0.15) is 5.56 Å². The van der Waals surface area contributed by atoms with Crippen molar-refractivity contribution in [1.29, 1.82) is 0 Å². The number of anilines is 3. The van der Waals surface area contributed by atoms with E-state index >= 15 is 0 Å². The van der Waals surface area contributed by atoms with Gasteiger partial charge < -0.3 is 10.6 Å². The Morgan fingerprint density at radius 2 is 1.88 bits per heavy atom. The van der Waals surface area contributed by atoms with E-state index in [4.69, 9.17) is 11.6 Å². The Hall–Kier alpha value is -2.71. The van der Waals surface area contributed by atoms with Crippen molar-refractivity contribution in [3.8, 4) is 0 Å². The fourth-order valence-electron chi connectivity index (χ4n) is 2.30. The molecule has 0 bridgehead atoms. The highest BCUT2D eigenvalue weighted by atomic mass is 79.9. The molecule has 0 amide bonds. The van der Waals surface area contributed by atoms with Crippen LogP contribution in [-0.2, 0) is 6.54 Å². The van der Waals surface area contributed by atoms with Crippen LogP contribution in [0.2, 0.25) is 5.02 Å². The quantitative estimate of drug-likeness (QED) is 0.411. The lowest BCUT2D eigenvalue weighted by atomic mass is 10.2. The van der Waals surface area contributed by atoms with Crippen molar-refractivity contribution < 1.29 is 4.92 Å². The Morgan fingerprint density at radius 3 is 2.62 bits per heavy atom. The molecule has 0 aliphatic heterocycles. The third-order valence-corrected chi connectivity index (χ3v) is 4.36.